The maximum atomic E-state index is 11.5. The largest absolute Gasteiger partial charge is 0.379 e. The van der Waals surface area contributed by atoms with Gasteiger partial charge in [-0.15, -0.1) is 0 Å². The third-order valence-corrected chi connectivity index (χ3v) is 2.67. The van der Waals surface area contributed by atoms with E-state index < -0.39 is 0 Å². The lowest BCUT2D eigenvalue weighted by atomic mass is 10.1. The molecule has 0 spiro atoms. The van der Waals surface area contributed by atoms with Gasteiger partial charge < -0.3 is 9.64 Å². The predicted molar refractivity (Wildman–Crippen MR) is 60.6 cm³/mol. The number of unbranched alkanes of at least 4 members (excludes halogenated alkanes) is 1. The number of hydrogen-bond donors (Lipinski definition) is 0. The van der Waals surface area contributed by atoms with Crippen molar-refractivity contribution in [3.05, 3.63) is 0 Å². The molecule has 4 heteroatoms. The molecule has 4 nitrogen and oxygen atoms in total. The number of carbonyl (C=O) groups is 1. The Balaban J connectivity index is 2.10. The van der Waals surface area contributed by atoms with Crippen molar-refractivity contribution in [3.8, 4) is 6.07 Å². The molecule has 0 bridgehead atoms. The molecule has 1 fully saturated rings. The zero-order valence-corrected chi connectivity index (χ0v) is 10.1. The van der Waals surface area contributed by atoms with Gasteiger partial charge in [-0.25, -0.2) is 0 Å². The Bertz CT molecular complexity index is 271. The van der Waals surface area contributed by atoms with Crippen LogP contribution in [0.25, 0.3) is 0 Å². The average Bonchev–Trinajstić information content (AvgIpc) is 2.59. The molecule has 1 heterocycles. The highest BCUT2D eigenvalue weighted by Gasteiger charge is 2.28. The van der Waals surface area contributed by atoms with Crippen LogP contribution in [0.1, 0.15) is 33.1 Å². The summed E-state index contributed by atoms with van der Waals surface area (Å²) in [6, 6.07) is 2.15. The molecule has 0 radical (unpaired) electrons. The molecule has 1 unspecified atom stereocenters. The fraction of sp³-hybridized carbons (Fsp3) is 0.833. The van der Waals surface area contributed by atoms with Crippen molar-refractivity contribution in [3.63, 3.8) is 0 Å². The van der Waals surface area contributed by atoms with Gasteiger partial charge in [0.15, 0.2) is 0 Å². The Kier molecular flexibility index (Phi) is 5.27. The zero-order valence-electron chi connectivity index (χ0n) is 10.1. The molecule has 1 atom stereocenters. The molecule has 1 aliphatic rings. The second-order valence-corrected chi connectivity index (χ2v) is 4.50. The summed E-state index contributed by atoms with van der Waals surface area (Å²) < 4.78 is 5.42. The van der Waals surface area contributed by atoms with E-state index in [1.54, 1.807) is 4.90 Å². The van der Waals surface area contributed by atoms with Crippen LogP contribution in [0, 0.1) is 17.2 Å². The molecule has 0 aromatic rings. The quantitative estimate of drug-likeness (QED) is 0.643. The van der Waals surface area contributed by atoms with Gasteiger partial charge >= 0.3 is 0 Å². The van der Waals surface area contributed by atoms with Crippen molar-refractivity contribution in [1.82, 2.24) is 4.90 Å². The molecule has 1 rings (SSSR count). The number of amides is 1. The molecular weight excluding hydrogens is 204 g/mol. The molecule has 1 aliphatic heterocycles. The van der Waals surface area contributed by atoms with Crippen molar-refractivity contribution >= 4 is 5.91 Å². The third kappa shape index (κ3) is 4.19. The number of ether oxygens (including phenoxy) is 1. The first kappa shape index (κ1) is 13.0. The Hall–Kier alpha value is -1.08. The number of likely N-dealkylation sites (tertiary alicyclic amines) is 1. The summed E-state index contributed by atoms with van der Waals surface area (Å²) in [5.41, 5.74) is 0. The second-order valence-electron chi connectivity index (χ2n) is 4.50. The van der Waals surface area contributed by atoms with Crippen LogP contribution >= 0.6 is 0 Å². The number of nitrogens with zero attached hydrogens (tertiary/aromatic N) is 2. The van der Waals surface area contributed by atoms with Crippen molar-refractivity contribution < 1.29 is 9.53 Å². The number of rotatable bonds is 6. The van der Waals surface area contributed by atoms with Crippen LogP contribution in [-0.2, 0) is 9.53 Å². The van der Waals surface area contributed by atoms with Crippen LogP contribution in [-0.4, -0.2) is 36.6 Å². The van der Waals surface area contributed by atoms with Crippen LogP contribution in [0.3, 0.4) is 0 Å². The van der Waals surface area contributed by atoms with Crippen LogP contribution in [0.4, 0.5) is 0 Å². The molecule has 0 aromatic carbocycles. The number of carbonyl (C=O) groups excluding carboxylic acids is 1. The number of nitriles is 1. The average molecular weight is 224 g/mol. The summed E-state index contributed by atoms with van der Waals surface area (Å²) >= 11 is 0. The van der Waals surface area contributed by atoms with E-state index in [9.17, 15) is 4.79 Å². The van der Waals surface area contributed by atoms with Gasteiger partial charge in [-0.1, -0.05) is 0 Å². The van der Waals surface area contributed by atoms with Crippen molar-refractivity contribution in [2.24, 2.45) is 5.92 Å². The molecule has 1 amide bonds. The first-order chi connectivity index (χ1) is 7.63. The summed E-state index contributed by atoms with van der Waals surface area (Å²) in [6.07, 6.45) is 2.60. The lowest BCUT2D eigenvalue weighted by Crippen LogP contribution is -2.26. The maximum absolute atomic E-state index is 11.5. The van der Waals surface area contributed by atoms with Crippen molar-refractivity contribution in [1.29, 1.82) is 5.26 Å². The van der Waals surface area contributed by atoms with Crippen molar-refractivity contribution in [2.75, 3.05) is 19.7 Å². The van der Waals surface area contributed by atoms with E-state index in [1.165, 1.54) is 0 Å². The molecule has 90 valence electrons. The normalized spacial score (nSPS) is 20.5. The van der Waals surface area contributed by atoms with Crippen LogP contribution < -0.4 is 0 Å². The van der Waals surface area contributed by atoms with Gasteiger partial charge in [0.1, 0.15) is 0 Å². The van der Waals surface area contributed by atoms with Gasteiger partial charge in [-0.05, 0) is 26.7 Å². The highest BCUT2D eigenvalue weighted by atomic mass is 16.5. The summed E-state index contributed by atoms with van der Waals surface area (Å²) in [6.45, 7) is 6.16. The topological polar surface area (TPSA) is 53.3 Å². The number of hydrogen-bond acceptors (Lipinski definition) is 3. The summed E-state index contributed by atoms with van der Waals surface area (Å²) in [4.78, 5) is 13.3. The fourth-order valence-electron chi connectivity index (χ4n) is 1.80. The van der Waals surface area contributed by atoms with E-state index in [2.05, 4.69) is 6.07 Å². The van der Waals surface area contributed by atoms with Gasteiger partial charge in [-0.3, -0.25) is 4.79 Å². The SMILES string of the molecule is CC(C)OCCCCN1CC(C#N)CC1=O. The Labute approximate surface area is 97.2 Å². The summed E-state index contributed by atoms with van der Waals surface area (Å²) in [5.74, 6) is 0.0238. The maximum Gasteiger partial charge on any atom is 0.224 e. The lowest BCUT2D eigenvalue weighted by Gasteiger charge is -2.15. The van der Waals surface area contributed by atoms with Crippen molar-refractivity contribution in [2.45, 2.75) is 39.2 Å². The van der Waals surface area contributed by atoms with E-state index in [4.69, 9.17) is 10.00 Å². The minimum atomic E-state index is -0.0978. The van der Waals surface area contributed by atoms with Crippen LogP contribution in [0.15, 0.2) is 0 Å². The van der Waals surface area contributed by atoms with Gasteiger partial charge in [0.25, 0.3) is 0 Å². The first-order valence-corrected chi connectivity index (χ1v) is 5.92. The standard InChI is InChI=1S/C12H20N2O2/c1-10(2)16-6-4-3-5-14-9-11(8-13)7-12(14)15/h10-11H,3-7,9H2,1-2H3. The van der Waals surface area contributed by atoms with Gasteiger partial charge in [0.2, 0.25) is 5.91 Å². The minimum Gasteiger partial charge on any atom is -0.379 e. The Morgan fingerprint density at radius 3 is 2.88 bits per heavy atom. The van der Waals surface area contributed by atoms with Gasteiger partial charge in [0.05, 0.1) is 18.1 Å². The van der Waals surface area contributed by atoms with Gasteiger partial charge in [-0.2, -0.15) is 5.26 Å². The zero-order chi connectivity index (χ0) is 12.0. The smallest absolute Gasteiger partial charge is 0.224 e. The van der Waals surface area contributed by atoms with Crippen LogP contribution in [0.2, 0.25) is 0 Å². The fourth-order valence-corrected chi connectivity index (χ4v) is 1.80. The molecule has 0 N–H and O–H groups in total. The molecule has 1 saturated heterocycles. The molecule has 0 saturated carbocycles. The molecule has 16 heavy (non-hydrogen) atoms. The van der Waals surface area contributed by atoms with E-state index in [1.807, 2.05) is 13.8 Å². The molecular formula is C12H20N2O2. The lowest BCUT2D eigenvalue weighted by molar-refractivity contribution is -0.127. The van der Waals surface area contributed by atoms with E-state index in [0.29, 0.717) is 13.0 Å². The van der Waals surface area contributed by atoms with Gasteiger partial charge in [0, 0.05) is 26.1 Å². The second kappa shape index (κ2) is 6.49. The monoisotopic (exact) mass is 224 g/mol. The Morgan fingerprint density at radius 1 is 1.56 bits per heavy atom. The molecule has 0 aromatic heterocycles. The third-order valence-electron chi connectivity index (χ3n) is 2.67. The van der Waals surface area contributed by atoms with E-state index in [-0.39, 0.29) is 17.9 Å². The summed E-state index contributed by atoms with van der Waals surface area (Å²) in [5, 5.41) is 8.72. The van der Waals surface area contributed by atoms with E-state index >= 15 is 0 Å². The molecule has 0 aliphatic carbocycles. The Morgan fingerprint density at radius 2 is 2.31 bits per heavy atom. The van der Waals surface area contributed by atoms with Crippen LogP contribution in [0.5, 0.6) is 0 Å². The minimum absolute atomic E-state index is 0.0978. The first-order valence-electron chi connectivity index (χ1n) is 5.92. The highest BCUT2D eigenvalue weighted by Crippen LogP contribution is 2.17. The van der Waals surface area contributed by atoms with E-state index in [0.717, 1.165) is 26.0 Å². The summed E-state index contributed by atoms with van der Waals surface area (Å²) in [7, 11) is 0. The highest BCUT2D eigenvalue weighted by molar-refractivity contribution is 5.79. The predicted octanol–water partition coefficient (Wildman–Crippen LogP) is 1.56.